The molecule has 0 unspecified atom stereocenters. The second-order valence-electron chi connectivity index (χ2n) is 0.285. The largest absolute Gasteiger partial charge is 0.267 e. The molecule has 0 aliphatic carbocycles. The van der Waals surface area contributed by atoms with E-state index in [0.717, 1.165) is 0 Å². The van der Waals surface area contributed by atoms with Crippen LogP contribution in [0, 0.1) is 17.1 Å². The zero-order valence-electron chi connectivity index (χ0n) is 2.84. The van der Waals surface area contributed by atoms with Crippen LogP contribution in [0.3, 0.4) is 0 Å². The lowest BCUT2D eigenvalue weighted by molar-refractivity contribution is -0.410. The van der Waals surface area contributed by atoms with Gasteiger partial charge in [0.25, 0.3) is 7.02 Å². The number of rotatable bonds is 1. The SMILES string of the molecule is [2H][CH][N+](=O)[O-]. The molecule has 0 aromatic heterocycles. The van der Waals surface area contributed by atoms with Crippen LogP contribution >= 0.6 is 0 Å². The van der Waals surface area contributed by atoms with Gasteiger partial charge in [-0.05, 0) is 0 Å². The summed E-state index contributed by atoms with van der Waals surface area (Å²) in [6.45, 7) is 0. The van der Waals surface area contributed by atoms with Crippen LogP contribution in [0.25, 0.3) is 0 Å². The Morgan fingerprint density at radius 2 is 2.75 bits per heavy atom. The topological polar surface area (TPSA) is 43.1 Å². The highest BCUT2D eigenvalue weighted by Gasteiger charge is 1.59. The minimum absolute atomic E-state index is 0.139. The average molecular weight is 61.0 g/mol. The molecule has 0 aromatic rings. The van der Waals surface area contributed by atoms with Crippen LogP contribution < -0.4 is 0 Å². The van der Waals surface area contributed by atoms with Crippen LogP contribution in [0.15, 0.2) is 0 Å². The molecule has 0 aliphatic heterocycles. The minimum Gasteiger partial charge on any atom is -0.264 e. The van der Waals surface area contributed by atoms with E-state index in [0.29, 0.717) is 0 Å². The third kappa shape index (κ3) is 0.622. The maximum Gasteiger partial charge on any atom is 0.267 e. The third-order valence-electron chi connectivity index (χ3n) is 0. The summed E-state index contributed by atoms with van der Waals surface area (Å²) in [7, 11) is 0.139. The van der Waals surface area contributed by atoms with Crippen LogP contribution in [0.5, 0.6) is 0 Å². The predicted octanol–water partition coefficient (Wildman–Crippen LogP) is 0.0547. The molecule has 0 atom stereocenters. The molecule has 0 spiro atoms. The molecule has 0 saturated heterocycles. The van der Waals surface area contributed by atoms with Gasteiger partial charge >= 0.3 is 0 Å². The lowest BCUT2D eigenvalue weighted by atomic mass is 11.5. The van der Waals surface area contributed by atoms with E-state index in [1.807, 2.05) is 0 Å². The summed E-state index contributed by atoms with van der Waals surface area (Å²) in [5.74, 6) is 0. The first-order valence-corrected chi connectivity index (χ1v) is 0.623. The molecule has 0 rings (SSSR count). The van der Waals surface area contributed by atoms with Gasteiger partial charge in [-0.3, -0.25) is 10.1 Å². The smallest absolute Gasteiger partial charge is 0.264 e. The van der Waals surface area contributed by atoms with Gasteiger partial charge < -0.3 is 0 Å². The maximum atomic E-state index is 8.93. The second-order valence-corrected chi connectivity index (χ2v) is 0.285. The Morgan fingerprint density at radius 1 is 2.50 bits per heavy atom. The van der Waals surface area contributed by atoms with Crippen molar-refractivity contribution >= 4 is 0 Å². The van der Waals surface area contributed by atoms with Gasteiger partial charge in [-0.1, -0.05) is 0 Å². The summed E-state index contributed by atoms with van der Waals surface area (Å²) >= 11 is 0. The molecule has 23 valence electrons. The summed E-state index contributed by atoms with van der Waals surface area (Å²) in [4.78, 5) is 8.10. The first kappa shape index (κ1) is 1.69. The van der Waals surface area contributed by atoms with Gasteiger partial charge in [0.05, 0.1) is 0 Å². The van der Waals surface area contributed by atoms with Crippen molar-refractivity contribution in [3.8, 4) is 0 Å². The monoisotopic (exact) mass is 61.0 g/mol. The summed E-state index contributed by atoms with van der Waals surface area (Å²) in [5, 5.41) is 8.93. The lowest BCUT2D eigenvalue weighted by Crippen LogP contribution is -1.74. The molecular formula is CH2NO2. The first-order valence-electron chi connectivity index (χ1n) is 1.20. The fourth-order valence-corrected chi connectivity index (χ4v) is 0. The standard InChI is InChI=1S/CH2NO2/c1-2(3)4/h1H2/i1D. The van der Waals surface area contributed by atoms with Gasteiger partial charge in [-0.2, -0.15) is 0 Å². The summed E-state index contributed by atoms with van der Waals surface area (Å²) < 4.78 is 5.83. The first-order chi connectivity index (χ1) is 2.27. The van der Waals surface area contributed by atoms with E-state index in [1.54, 1.807) is 0 Å². The Hall–Kier alpha value is -0.600. The highest BCUT2D eigenvalue weighted by atomic mass is 16.6. The molecule has 0 saturated carbocycles. The predicted molar refractivity (Wildman–Crippen MR) is 12.4 cm³/mol. The van der Waals surface area contributed by atoms with Crippen molar-refractivity contribution in [3.63, 3.8) is 0 Å². The molecule has 0 bridgehead atoms. The summed E-state index contributed by atoms with van der Waals surface area (Å²) in [6.07, 6.45) is 0. The van der Waals surface area contributed by atoms with Crippen molar-refractivity contribution < 1.29 is 6.29 Å². The molecule has 0 aromatic carbocycles. The third-order valence-corrected chi connectivity index (χ3v) is 0. The molecule has 0 aliphatic rings. The molecule has 0 fully saturated rings. The molecule has 0 N–H and O–H groups in total. The average Bonchev–Trinajstić information content (AvgIpc) is 1.38. The zero-order chi connectivity index (χ0) is 4.28. The number of nitro groups is 1. The van der Waals surface area contributed by atoms with E-state index in [2.05, 4.69) is 0 Å². The molecule has 3 heteroatoms. The fraction of sp³-hybridized carbons (Fsp3) is 0. The van der Waals surface area contributed by atoms with Crippen LogP contribution in [0.4, 0.5) is 0 Å². The van der Waals surface area contributed by atoms with E-state index in [4.69, 9.17) is 11.5 Å². The fourth-order valence-electron chi connectivity index (χ4n) is 0. The van der Waals surface area contributed by atoms with Crippen molar-refractivity contribution in [2.75, 3.05) is 0 Å². The van der Waals surface area contributed by atoms with Crippen molar-refractivity contribution in [1.29, 1.82) is 0 Å². The molecule has 0 amide bonds. The number of nitrogens with zero attached hydrogens (tertiary/aromatic N) is 1. The molecular weight excluding hydrogens is 58.0 g/mol. The Morgan fingerprint density at radius 3 is 2.75 bits per heavy atom. The van der Waals surface area contributed by atoms with E-state index in [9.17, 15) is 0 Å². The second kappa shape index (κ2) is 0.817. The normalized spacial score (nSPS) is 9.50. The Kier molecular flexibility index (Phi) is 0.346. The highest BCUT2D eigenvalue weighted by molar-refractivity contribution is 3.99. The lowest BCUT2D eigenvalue weighted by Gasteiger charge is -1.61. The van der Waals surface area contributed by atoms with Crippen LogP contribution in [-0.2, 0) is 0 Å². The van der Waals surface area contributed by atoms with E-state index >= 15 is 0 Å². The van der Waals surface area contributed by atoms with E-state index in [1.165, 1.54) is 0 Å². The van der Waals surface area contributed by atoms with Crippen LogP contribution in [0.1, 0.15) is 1.37 Å². The van der Waals surface area contributed by atoms with E-state index < -0.39 is 4.92 Å². The van der Waals surface area contributed by atoms with Crippen molar-refractivity contribution in [1.82, 2.24) is 0 Å². The van der Waals surface area contributed by atoms with Crippen molar-refractivity contribution in [2.45, 2.75) is 0 Å². The molecule has 4 heavy (non-hydrogen) atoms. The van der Waals surface area contributed by atoms with Crippen LogP contribution in [0.2, 0.25) is 0 Å². The minimum atomic E-state index is -0.833. The van der Waals surface area contributed by atoms with E-state index in [-0.39, 0.29) is 7.02 Å². The molecule has 1 radical (unpaired) electrons. The van der Waals surface area contributed by atoms with Gasteiger partial charge in [0, 0.05) is 4.92 Å². The maximum absolute atomic E-state index is 8.93. The van der Waals surface area contributed by atoms with Gasteiger partial charge in [-0.15, -0.1) is 0 Å². The van der Waals surface area contributed by atoms with Gasteiger partial charge in [0.2, 0.25) is 0 Å². The summed E-state index contributed by atoms with van der Waals surface area (Å²) in [6, 6.07) is 0. The number of hydrogen-bond donors (Lipinski definition) is 0. The van der Waals surface area contributed by atoms with Crippen LogP contribution in [-0.4, -0.2) is 4.92 Å². The van der Waals surface area contributed by atoms with Gasteiger partial charge in [0.15, 0.2) is 0 Å². The summed E-state index contributed by atoms with van der Waals surface area (Å²) in [5.41, 5.74) is 0. The number of hydrogen-bond acceptors (Lipinski definition) is 2. The Bertz CT molecular complexity index is 44.9. The van der Waals surface area contributed by atoms with Crippen molar-refractivity contribution in [3.05, 3.63) is 17.1 Å². The Labute approximate surface area is 24.8 Å². The quantitative estimate of drug-likeness (QED) is 0.317. The molecule has 0 heterocycles. The molecule has 3 nitrogen and oxygen atoms in total. The van der Waals surface area contributed by atoms with Crippen molar-refractivity contribution in [2.24, 2.45) is 0 Å². The van der Waals surface area contributed by atoms with Gasteiger partial charge in [-0.25, -0.2) is 0 Å². The zero-order valence-corrected chi connectivity index (χ0v) is 1.84. The highest BCUT2D eigenvalue weighted by Crippen LogP contribution is 1.45. The van der Waals surface area contributed by atoms with Gasteiger partial charge in [0.1, 0.15) is 1.37 Å². The Balaban J connectivity index is 2.85.